The fourth-order valence-corrected chi connectivity index (χ4v) is 4.51. The van der Waals surface area contributed by atoms with Crippen LogP contribution < -0.4 is 25.6 Å². The van der Waals surface area contributed by atoms with E-state index in [2.05, 4.69) is 47.9 Å². The van der Waals surface area contributed by atoms with Gasteiger partial charge in [-0.25, -0.2) is 9.97 Å². The van der Waals surface area contributed by atoms with Crippen LogP contribution in [0.2, 0.25) is 0 Å². The second-order valence-corrected chi connectivity index (χ2v) is 8.75. The lowest BCUT2D eigenvalue weighted by molar-refractivity contribution is 0.144. The number of rotatable bonds is 11. The predicted octanol–water partition coefficient (Wildman–Crippen LogP) is 3.75. The Labute approximate surface area is 218 Å². The van der Waals surface area contributed by atoms with Crippen LogP contribution in [0.4, 0.5) is 28.6 Å². The molecule has 196 valence electrons. The summed E-state index contributed by atoms with van der Waals surface area (Å²) in [7, 11) is 7.21. The van der Waals surface area contributed by atoms with Gasteiger partial charge in [-0.15, -0.1) is 0 Å². The molecule has 0 saturated carbocycles. The molecule has 0 aliphatic carbocycles. The molecule has 1 fully saturated rings. The van der Waals surface area contributed by atoms with Crippen LogP contribution in [0.3, 0.4) is 0 Å². The second kappa shape index (κ2) is 12.4. The molecule has 0 unspecified atom stereocenters. The minimum Gasteiger partial charge on any atom is -0.494 e. The fourth-order valence-electron chi connectivity index (χ4n) is 4.51. The van der Waals surface area contributed by atoms with Crippen LogP contribution in [-0.2, 0) is 4.74 Å². The van der Waals surface area contributed by atoms with Crippen LogP contribution in [0.5, 0.6) is 5.75 Å². The second-order valence-electron chi connectivity index (χ2n) is 8.75. The summed E-state index contributed by atoms with van der Waals surface area (Å²) in [5, 5.41) is 17.5. The summed E-state index contributed by atoms with van der Waals surface area (Å²) in [6.07, 6.45) is 2.88. The van der Waals surface area contributed by atoms with E-state index < -0.39 is 0 Å². The number of nitrogens with one attached hydrogen (secondary N) is 4. The minimum absolute atomic E-state index is 0.659. The van der Waals surface area contributed by atoms with Crippen LogP contribution in [0, 0.1) is 5.41 Å². The smallest absolute Gasteiger partial charge is 0.144 e. The van der Waals surface area contributed by atoms with Gasteiger partial charge in [0, 0.05) is 89.1 Å². The van der Waals surface area contributed by atoms with E-state index >= 15 is 0 Å². The van der Waals surface area contributed by atoms with Crippen molar-refractivity contribution in [3.05, 3.63) is 48.3 Å². The summed E-state index contributed by atoms with van der Waals surface area (Å²) in [5.74, 6) is 1.40. The summed E-state index contributed by atoms with van der Waals surface area (Å²) in [5.41, 5.74) is 6.35. The van der Waals surface area contributed by atoms with E-state index in [0.717, 1.165) is 84.7 Å². The zero-order chi connectivity index (χ0) is 26.2. The Morgan fingerprint density at radius 2 is 1.73 bits per heavy atom. The zero-order valence-corrected chi connectivity index (χ0v) is 22.0. The molecule has 4 N–H and O–H groups in total. The zero-order valence-electron chi connectivity index (χ0n) is 22.0. The first-order valence-electron chi connectivity index (χ1n) is 12.4. The number of ether oxygens (including phenoxy) is 2. The Balaban J connectivity index is 1.56. The van der Waals surface area contributed by atoms with Crippen molar-refractivity contribution in [1.82, 2.24) is 14.9 Å². The normalized spacial score (nSPS) is 13.8. The molecular formula is C27H36N8O2. The fraction of sp³-hybridized carbons (Fsp3) is 0.370. The molecule has 1 aliphatic heterocycles. The van der Waals surface area contributed by atoms with E-state index in [0.29, 0.717) is 5.82 Å². The van der Waals surface area contributed by atoms with Crippen molar-refractivity contribution in [2.75, 3.05) is 88.5 Å². The molecular weight excluding hydrogens is 468 g/mol. The molecule has 1 saturated heterocycles. The van der Waals surface area contributed by atoms with E-state index in [1.165, 1.54) is 6.21 Å². The Morgan fingerprint density at radius 3 is 2.41 bits per heavy atom. The van der Waals surface area contributed by atoms with E-state index in [4.69, 9.17) is 14.9 Å². The molecule has 1 aliphatic rings. The third-order valence-electron chi connectivity index (χ3n) is 6.62. The van der Waals surface area contributed by atoms with Crippen molar-refractivity contribution in [2.24, 2.45) is 0 Å². The monoisotopic (exact) mass is 504 g/mol. The van der Waals surface area contributed by atoms with Crippen molar-refractivity contribution >= 4 is 34.8 Å². The van der Waals surface area contributed by atoms with Gasteiger partial charge in [-0.2, -0.15) is 0 Å². The summed E-state index contributed by atoms with van der Waals surface area (Å²) in [6, 6.07) is 11.9. The third kappa shape index (κ3) is 6.10. The Morgan fingerprint density at radius 1 is 0.946 bits per heavy atom. The largest absolute Gasteiger partial charge is 0.494 e. The number of benzene rings is 2. The number of methoxy groups -OCH3 is 2. The van der Waals surface area contributed by atoms with Crippen molar-refractivity contribution in [1.29, 1.82) is 5.41 Å². The highest BCUT2D eigenvalue weighted by Gasteiger charge is 2.21. The SMILES string of the molecule is CNc1cc(-c2cc(Nc3cc(NC)c(N4CCN(CCOC)CC4)cc3OC)ncn2)ccc1C=N. The highest BCUT2D eigenvalue weighted by molar-refractivity contribution is 5.88. The Bertz CT molecular complexity index is 1210. The number of nitrogens with zero attached hydrogens (tertiary/aromatic N) is 4. The van der Waals surface area contributed by atoms with Gasteiger partial charge < -0.3 is 35.7 Å². The van der Waals surface area contributed by atoms with Gasteiger partial charge in [-0.3, -0.25) is 4.90 Å². The summed E-state index contributed by atoms with van der Waals surface area (Å²) >= 11 is 0. The number of hydrogen-bond donors (Lipinski definition) is 4. The molecule has 1 aromatic heterocycles. The molecule has 0 spiro atoms. The minimum atomic E-state index is 0.659. The lowest BCUT2D eigenvalue weighted by atomic mass is 10.1. The van der Waals surface area contributed by atoms with E-state index in [1.807, 2.05) is 38.4 Å². The number of hydrogen-bond acceptors (Lipinski definition) is 10. The third-order valence-corrected chi connectivity index (χ3v) is 6.62. The molecule has 2 heterocycles. The summed E-state index contributed by atoms with van der Waals surface area (Å²) in [4.78, 5) is 13.7. The van der Waals surface area contributed by atoms with Crippen molar-refractivity contribution in [3.8, 4) is 17.0 Å². The average Bonchev–Trinajstić information content (AvgIpc) is 2.95. The summed E-state index contributed by atoms with van der Waals surface area (Å²) < 4.78 is 11.0. The van der Waals surface area contributed by atoms with Gasteiger partial charge in [-0.1, -0.05) is 12.1 Å². The van der Waals surface area contributed by atoms with Gasteiger partial charge in [0.05, 0.1) is 36.5 Å². The van der Waals surface area contributed by atoms with Crippen LogP contribution in [0.25, 0.3) is 11.3 Å². The van der Waals surface area contributed by atoms with E-state index in [-0.39, 0.29) is 0 Å². The molecule has 10 nitrogen and oxygen atoms in total. The predicted molar refractivity (Wildman–Crippen MR) is 151 cm³/mol. The molecule has 37 heavy (non-hydrogen) atoms. The standard InChI is InChI=1S/C27H36N8O2/c1-29-21-13-19(5-6-20(21)17-28)22-15-27(32-18-31-22)33-24-14-23(30-2)25(16-26(24)37-4)35-9-7-34(8-10-35)11-12-36-3/h5-6,13-18,28-30H,7-12H2,1-4H3,(H,31,32,33). The maximum absolute atomic E-state index is 7.58. The van der Waals surface area contributed by atoms with Gasteiger partial charge in [-0.05, 0) is 12.1 Å². The van der Waals surface area contributed by atoms with Crippen LogP contribution in [0.1, 0.15) is 5.56 Å². The molecule has 0 radical (unpaired) electrons. The van der Waals surface area contributed by atoms with E-state index in [9.17, 15) is 0 Å². The lowest BCUT2D eigenvalue weighted by Crippen LogP contribution is -2.47. The first-order chi connectivity index (χ1) is 18.1. The first-order valence-corrected chi connectivity index (χ1v) is 12.4. The average molecular weight is 505 g/mol. The van der Waals surface area contributed by atoms with Gasteiger partial charge in [0.2, 0.25) is 0 Å². The van der Waals surface area contributed by atoms with Crippen LogP contribution >= 0.6 is 0 Å². The number of piperazine rings is 1. The molecule has 10 heteroatoms. The highest BCUT2D eigenvalue weighted by atomic mass is 16.5. The van der Waals surface area contributed by atoms with Crippen molar-refractivity contribution in [3.63, 3.8) is 0 Å². The van der Waals surface area contributed by atoms with Crippen LogP contribution in [0.15, 0.2) is 42.7 Å². The topological polar surface area (TPSA) is 111 Å². The van der Waals surface area contributed by atoms with Gasteiger partial charge in [0.1, 0.15) is 17.9 Å². The lowest BCUT2D eigenvalue weighted by Gasteiger charge is -2.37. The van der Waals surface area contributed by atoms with Crippen molar-refractivity contribution < 1.29 is 9.47 Å². The highest BCUT2D eigenvalue weighted by Crippen LogP contribution is 2.38. The Kier molecular flexibility index (Phi) is 8.76. The van der Waals surface area contributed by atoms with Gasteiger partial charge in [0.25, 0.3) is 0 Å². The molecule has 0 atom stereocenters. The molecule has 0 amide bonds. The molecule has 2 aromatic carbocycles. The molecule has 3 aromatic rings. The quantitative estimate of drug-likeness (QED) is 0.290. The molecule has 4 rings (SSSR count). The maximum Gasteiger partial charge on any atom is 0.144 e. The van der Waals surface area contributed by atoms with Gasteiger partial charge >= 0.3 is 0 Å². The Hall–Kier alpha value is -3.89. The number of aromatic nitrogens is 2. The number of anilines is 5. The molecule has 0 bridgehead atoms. The van der Waals surface area contributed by atoms with Gasteiger partial charge in [0.15, 0.2) is 0 Å². The first kappa shape index (κ1) is 26.2. The summed E-state index contributed by atoms with van der Waals surface area (Å²) in [6.45, 7) is 5.58. The van der Waals surface area contributed by atoms with Crippen molar-refractivity contribution in [2.45, 2.75) is 0 Å². The van der Waals surface area contributed by atoms with Crippen LogP contribution in [-0.4, -0.2) is 88.7 Å². The maximum atomic E-state index is 7.58. The van der Waals surface area contributed by atoms with E-state index in [1.54, 1.807) is 20.5 Å².